The van der Waals surface area contributed by atoms with Crippen LogP contribution >= 0.6 is 0 Å². The van der Waals surface area contributed by atoms with Crippen LogP contribution in [0.1, 0.15) is 6.42 Å². The van der Waals surface area contributed by atoms with Gasteiger partial charge in [-0.3, -0.25) is 4.79 Å². The van der Waals surface area contributed by atoms with Gasteiger partial charge in [0.2, 0.25) is 5.91 Å². The van der Waals surface area contributed by atoms with Crippen LogP contribution in [0.25, 0.3) is 0 Å². The van der Waals surface area contributed by atoms with E-state index in [2.05, 4.69) is 6.08 Å². The Bertz CT molecular complexity index is 242. The predicted octanol–water partition coefficient (Wildman–Crippen LogP) is 0.762. The number of likely N-dealkylation sites (tertiary alicyclic amines) is 1. The van der Waals surface area contributed by atoms with Crippen LogP contribution in [0.3, 0.4) is 0 Å². The third-order valence-corrected chi connectivity index (χ3v) is 2.39. The van der Waals surface area contributed by atoms with Crippen LogP contribution in [-0.4, -0.2) is 23.9 Å². The Hall–Kier alpha value is -1.05. The highest BCUT2D eigenvalue weighted by molar-refractivity contribution is 5.80. The second-order valence-corrected chi connectivity index (χ2v) is 3.06. The zero-order valence-electron chi connectivity index (χ0n) is 6.45. The van der Waals surface area contributed by atoms with Gasteiger partial charge in [-0.2, -0.15) is 0 Å². The molecule has 57 valence electrons. The van der Waals surface area contributed by atoms with Gasteiger partial charge < -0.3 is 4.90 Å². The van der Waals surface area contributed by atoms with Crippen LogP contribution in [0, 0.1) is 12.0 Å². The van der Waals surface area contributed by atoms with E-state index in [1.807, 2.05) is 25.3 Å². The number of rotatable bonds is 0. The quantitative estimate of drug-likeness (QED) is 0.496. The lowest BCUT2D eigenvalue weighted by Gasteiger charge is -2.20. The number of nitrogens with zero attached hydrogens (tertiary/aromatic N) is 1. The van der Waals surface area contributed by atoms with Crippen molar-refractivity contribution in [1.29, 1.82) is 0 Å². The SMILES string of the molecule is CN1C(=O)CC2C=[C]C=CC21. The molecule has 1 fully saturated rings. The summed E-state index contributed by atoms with van der Waals surface area (Å²) >= 11 is 0. The number of allylic oxidation sites excluding steroid dienone is 2. The molecule has 0 aromatic heterocycles. The van der Waals surface area contributed by atoms with Crippen LogP contribution in [-0.2, 0) is 4.79 Å². The van der Waals surface area contributed by atoms with Gasteiger partial charge in [-0.05, 0) is 6.08 Å². The molecule has 1 radical (unpaired) electrons. The molecule has 0 spiro atoms. The second-order valence-electron chi connectivity index (χ2n) is 3.06. The number of amides is 1. The van der Waals surface area contributed by atoms with Gasteiger partial charge in [-0.1, -0.05) is 18.2 Å². The first kappa shape index (κ1) is 6.65. The Balaban J connectivity index is 2.27. The molecule has 1 amide bonds. The topological polar surface area (TPSA) is 20.3 Å². The van der Waals surface area contributed by atoms with E-state index in [1.165, 1.54) is 0 Å². The molecule has 0 N–H and O–H groups in total. The van der Waals surface area contributed by atoms with Gasteiger partial charge in [-0.25, -0.2) is 0 Å². The average molecular weight is 148 g/mol. The van der Waals surface area contributed by atoms with Crippen molar-refractivity contribution < 1.29 is 4.79 Å². The first-order valence-corrected chi connectivity index (χ1v) is 3.81. The molecule has 2 unspecified atom stereocenters. The van der Waals surface area contributed by atoms with Crippen molar-refractivity contribution >= 4 is 5.91 Å². The third kappa shape index (κ3) is 0.897. The van der Waals surface area contributed by atoms with Crippen LogP contribution in [0.5, 0.6) is 0 Å². The number of carbonyl (C=O) groups excluding carboxylic acids is 1. The number of carbonyl (C=O) groups is 1. The standard InChI is InChI=1S/C9H10NO/c1-10-8-5-3-2-4-7(8)6-9(10)11/h3-5,7-8H,6H2,1H3. The molecule has 2 atom stereocenters. The lowest BCUT2D eigenvalue weighted by molar-refractivity contribution is -0.127. The molecule has 2 heteroatoms. The van der Waals surface area contributed by atoms with E-state index < -0.39 is 0 Å². The van der Waals surface area contributed by atoms with Gasteiger partial charge in [0.25, 0.3) is 0 Å². The van der Waals surface area contributed by atoms with Crippen molar-refractivity contribution in [2.45, 2.75) is 12.5 Å². The van der Waals surface area contributed by atoms with Crippen molar-refractivity contribution in [3.05, 3.63) is 24.3 Å². The van der Waals surface area contributed by atoms with Gasteiger partial charge in [0.15, 0.2) is 0 Å². The minimum atomic E-state index is 0.240. The zero-order valence-corrected chi connectivity index (χ0v) is 6.45. The zero-order chi connectivity index (χ0) is 7.84. The average Bonchev–Trinajstić information content (AvgIpc) is 2.30. The molecule has 0 saturated carbocycles. The van der Waals surface area contributed by atoms with Gasteiger partial charge in [0.05, 0.1) is 6.04 Å². The largest absolute Gasteiger partial charge is 0.339 e. The minimum absolute atomic E-state index is 0.240. The maximum Gasteiger partial charge on any atom is 0.223 e. The molecule has 0 bridgehead atoms. The fraction of sp³-hybridized carbons (Fsp3) is 0.444. The lowest BCUT2D eigenvalue weighted by Crippen LogP contribution is -2.29. The first-order chi connectivity index (χ1) is 5.29. The van der Waals surface area contributed by atoms with Crippen LogP contribution in [0.4, 0.5) is 0 Å². The second kappa shape index (κ2) is 2.22. The number of hydrogen-bond donors (Lipinski definition) is 0. The van der Waals surface area contributed by atoms with E-state index in [-0.39, 0.29) is 5.91 Å². The fourth-order valence-electron chi connectivity index (χ4n) is 1.68. The van der Waals surface area contributed by atoms with Gasteiger partial charge in [-0.15, -0.1) is 0 Å². The minimum Gasteiger partial charge on any atom is -0.339 e. The van der Waals surface area contributed by atoms with E-state index in [4.69, 9.17) is 0 Å². The van der Waals surface area contributed by atoms with Gasteiger partial charge in [0.1, 0.15) is 0 Å². The Morgan fingerprint density at radius 3 is 3.27 bits per heavy atom. The van der Waals surface area contributed by atoms with E-state index in [1.54, 1.807) is 4.90 Å². The molecule has 1 saturated heterocycles. The van der Waals surface area contributed by atoms with Crippen molar-refractivity contribution in [2.24, 2.45) is 5.92 Å². The number of likely N-dealkylation sites (N-methyl/N-ethyl adjacent to an activating group) is 1. The van der Waals surface area contributed by atoms with Crippen molar-refractivity contribution in [3.63, 3.8) is 0 Å². The Kier molecular flexibility index (Phi) is 1.34. The highest BCUT2D eigenvalue weighted by Crippen LogP contribution is 2.27. The Labute approximate surface area is 66.2 Å². The molecule has 1 heterocycles. The molecule has 2 rings (SSSR count). The van der Waals surface area contributed by atoms with E-state index in [9.17, 15) is 4.79 Å². The lowest BCUT2D eigenvalue weighted by atomic mass is 9.96. The summed E-state index contributed by atoms with van der Waals surface area (Å²) in [6.07, 6.45) is 9.58. The molecule has 2 aliphatic rings. The number of fused-ring (bicyclic) bond motifs is 1. The summed E-state index contributed by atoms with van der Waals surface area (Å²) in [5.74, 6) is 0.613. The molecular weight excluding hydrogens is 138 g/mol. The molecule has 2 nitrogen and oxygen atoms in total. The normalized spacial score (nSPS) is 34.6. The van der Waals surface area contributed by atoms with Crippen molar-refractivity contribution in [2.75, 3.05) is 7.05 Å². The third-order valence-electron chi connectivity index (χ3n) is 2.39. The van der Waals surface area contributed by atoms with E-state index in [0.717, 1.165) is 0 Å². The summed E-state index contributed by atoms with van der Waals surface area (Å²) in [4.78, 5) is 13.0. The maximum atomic E-state index is 11.2. The summed E-state index contributed by atoms with van der Waals surface area (Å²) in [6, 6.07) is 0.295. The molecule has 1 aliphatic heterocycles. The molecule has 1 aliphatic carbocycles. The van der Waals surface area contributed by atoms with E-state index >= 15 is 0 Å². The summed E-state index contributed by atoms with van der Waals surface area (Å²) in [5, 5.41) is 0. The maximum absolute atomic E-state index is 11.2. The van der Waals surface area contributed by atoms with Gasteiger partial charge >= 0.3 is 0 Å². The van der Waals surface area contributed by atoms with E-state index in [0.29, 0.717) is 18.4 Å². The van der Waals surface area contributed by atoms with Crippen molar-refractivity contribution in [3.8, 4) is 0 Å². The number of hydrogen-bond acceptors (Lipinski definition) is 1. The fourth-order valence-corrected chi connectivity index (χ4v) is 1.68. The van der Waals surface area contributed by atoms with Gasteiger partial charge in [0, 0.05) is 19.4 Å². The highest BCUT2D eigenvalue weighted by Gasteiger charge is 2.34. The summed E-state index contributed by atoms with van der Waals surface area (Å²) in [6.45, 7) is 0. The van der Waals surface area contributed by atoms with Crippen LogP contribution in [0.2, 0.25) is 0 Å². The highest BCUT2D eigenvalue weighted by atomic mass is 16.2. The monoisotopic (exact) mass is 148 g/mol. The summed E-state index contributed by atoms with van der Waals surface area (Å²) in [5.41, 5.74) is 0. The van der Waals surface area contributed by atoms with Crippen LogP contribution in [0.15, 0.2) is 18.2 Å². The molecule has 11 heavy (non-hydrogen) atoms. The first-order valence-electron chi connectivity index (χ1n) is 3.81. The van der Waals surface area contributed by atoms with Crippen LogP contribution < -0.4 is 0 Å². The predicted molar refractivity (Wildman–Crippen MR) is 41.6 cm³/mol. The Morgan fingerprint density at radius 2 is 2.55 bits per heavy atom. The molecule has 0 aromatic rings. The summed E-state index contributed by atoms with van der Waals surface area (Å²) < 4.78 is 0. The van der Waals surface area contributed by atoms with Crippen molar-refractivity contribution in [1.82, 2.24) is 4.90 Å². The Morgan fingerprint density at radius 1 is 1.73 bits per heavy atom. The molecular formula is C9H10NO. The molecule has 0 aromatic carbocycles. The summed E-state index contributed by atoms with van der Waals surface area (Å²) in [7, 11) is 1.86. The smallest absolute Gasteiger partial charge is 0.223 e.